The normalized spacial score (nSPS) is 20.2. The van der Waals surface area contributed by atoms with Crippen LogP contribution >= 0.6 is 0 Å². The molecule has 0 fully saturated rings. The van der Waals surface area contributed by atoms with Crippen LogP contribution in [0.3, 0.4) is 0 Å². The molecule has 0 bridgehead atoms. The second-order valence-corrected chi connectivity index (χ2v) is 29.8. The van der Waals surface area contributed by atoms with Crippen LogP contribution in [-0.4, -0.2) is 7.63 Å². The average Bonchev–Trinajstić information content (AvgIpc) is 3.01. The summed E-state index contributed by atoms with van der Waals surface area (Å²) in [5, 5.41) is 5.39. The Morgan fingerprint density at radius 2 is 0.964 bits per heavy atom. The van der Waals surface area contributed by atoms with Gasteiger partial charge in [0.2, 0.25) is 0 Å². The van der Waals surface area contributed by atoms with Crippen LogP contribution in [0, 0.1) is 0 Å². The van der Waals surface area contributed by atoms with E-state index < -0.39 is 14.0 Å². The van der Waals surface area contributed by atoms with Gasteiger partial charge in [-0.25, -0.2) is 0 Å². The number of benzene rings is 2. The SMILES string of the molecule is CC1=C(C)[CH]([Ti+2]([CH3])([CH3])(=[SiH2])[CH]2C(C)=C(C)c3ccccc32)c2ccccc21.[Cl-].[Cl-]. The fourth-order valence-electron chi connectivity index (χ4n) is 6.12. The second kappa shape index (κ2) is 7.60. The van der Waals surface area contributed by atoms with E-state index in [-0.39, 0.29) is 24.8 Å². The monoisotopic (exact) mass is 464 g/mol. The van der Waals surface area contributed by atoms with Gasteiger partial charge in [-0.2, -0.15) is 0 Å². The van der Waals surface area contributed by atoms with Crippen LogP contribution in [0.5, 0.6) is 0 Å². The van der Waals surface area contributed by atoms with E-state index >= 15 is 0 Å². The zero-order valence-corrected chi connectivity index (χ0v) is 22.2. The largest absolute Gasteiger partial charge is 1.00 e. The quantitative estimate of drug-likeness (QED) is 0.565. The number of rotatable bonds is 2. The molecule has 28 heavy (non-hydrogen) atoms. The first-order valence-corrected chi connectivity index (χ1v) is 18.7. The molecule has 0 aliphatic heterocycles. The Hall–Kier alpha value is -0.569. The Kier molecular flexibility index (Phi) is 6.43. The molecule has 0 spiro atoms. The molecule has 148 valence electrons. The van der Waals surface area contributed by atoms with Crippen LogP contribution in [0.2, 0.25) is 10.5 Å². The molecule has 0 saturated heterocycles. The molecule has 2 unspecified atom stereocenters. The third kappa shape index (κ3) is 3.15. The number of fused-ring (bicyclic) bond motifs is 2. The van der Waals surface area contributed by atoms with E-state index in [0.29, 0.717) is 8.45 Å². The number of allylic oxidation sites excluding steroid dienone is 4. The average molecular weight is 465 g/mol. The molecule has 0 radical (unpaired) electrons. The molecule has 0 N–H and O–H groups in total. The maximum atomic E-state index is 2.70. The fraction of sp³-hybridized carbons (Fsp3) is 0.333. The Bertz CT molecular complexity index is 992. The Morgan fingerprint density at radius 3 is 1.32 bits per heavy atom. The van der Waals surface area contributed by atoms with Gasteiger partial charge in [-0.1, -0.05) is 0 Å². The number of hydrogen-bond acceptors (Lipinski definition) is 0. The summed E-state index contributed by atoms with van der Waals surface area (Å²) < 4.78 is 1.25. The van der Waals surface area contributed by atoms with Gasteiger partial charge in [-0.3, -0.25) is 0 Å². The molecule has 4 heteroatoms. The van der Waals surface area contributed by atoms with Crippen LogP contribution < -0.4 is 24.8 Å². The van der Waals surface area contributed by atoms with Crippen molar-refractivity contribution < 1.29 is 38.9 Å². The van der Waals surface area contributed by atoms with Crippen molar-refractivity contribution in [3.05, 3.63) is 81.9 Å². The minimum Gasteiger partial charge on any atom is -1.00 e. The van der Waals surface area contributed by atoms with Crippen LogP contribution in [0.4, 0.5) is 0 Å². The first kappa shape index (κ1) is 23.7. The van der Waals surface area contributed by atoms with Crippen molar-refractivity contribution in [1.82, 2.24) is 0 Å². The molecule has 2 aromatic rings. The number of halogens is 2. The summed E-state index contributed by atoms with van der Waals surface area (Å²) in [6.07, 6.45) is 0. The molecule has 2 aliphatic rings. The summed E-state index contributed by atoms with van der Waals surface area (Å²) >= 11 is -2.99. The van der Waals surface area contributed by atoms with Crippen molar-refractivity contribution in [3.63, 3.8) is 0 Å². The van der Waals surface area contributed by atoms with Crippen molar-refractivity contribution in [3.8, 4) is 0 Å². The van der Waals surface area contributed by atoms with Gasteiger partial charge in [-0.15, -0.1) is 0 Å². The predicted octanol–water partition coefficient (Wildman–Crippen LogP) is 0.425. The van der Waals surface area contributed by atoms with Gasteiger partial charge in [-0.05, 0) is 0 Å². The smallest absolute Gasteiger partial charge is 1.00 e. The first-order valence-electron chi connectivity index (χ1n) is 9.74. The van der Waals surface area contributed by atoms with Crippen LogP contribution in [0.15, 0.2) is 59.7 Å². The Morgan fingerprint density at radius 1 is 0.643 bits per heavy atom. The Balaban J connectivity index is 0.00000140. The molecule has 4 rings (SSSR count). The molecule has 0 amide bonds. The van der Waals surface area contributed by atoms with Gasteiger partial charge in [0.05, 0.1) is 0 Å². The standard InChI is InChI=1S/2C11H11.2CH3.2ClH.H2Si.Ti/c2*1-8-7-10-5-3-4-6-11(10)9(8)2;;;;;;/h2*3-7H,1-2H3;2*1H3;2*1H;1H2;/q;;;;;;;+2/p-2. The molecule has 2 atom stereocenters. The van der Waals surface area contributed by atoms with Crippen molar-refractivity contribution >= 4 is 18.8 Å². The van der Waals surface area contributed by atoms with Gasteiger partial charge < -0.3 is 24.8 Å². The summed E-state index contributed by atoms with van der Waals surface area (Å²) in [7, 11) is 2.41. The molecule has 0 aromatic heterocycles. The maximum Gasteiger partial charge on any atom is -1.00 e. The molecular formula is C24H30Cl2SiTi. The van der Waals surface area contributed by atoms with E-state index in [1.54, 1.807) is 22.3 Å². The van der Waals surface area contributed by atoms with E-state index in [1.165, 1.54) is 22.3 Å². The van der Waals surface area contributed by atoms with Crippen LogP contribution in [0.25, 0.3) is 11.1 Å². The van der Waals surface area contributed by atoms with Crippen LogP contribution in [-0.2, 0) is 14.0 Å². The van der Waals surface area contributed by atoms with E-state index in [0.717, 1.165) is 0 Å². The first-order chi connectivity index (χ1) is 12.1. The van der Waals surface area contributed by atoms with Crippen LogP contribution in [0.1, 0.15) is 58.4 Å². The molecular weight excluding hydrogens is 435 g/mol. The number of hydrogen-bond donors (Lipinski definition) is 0. The summed E-state index contributed by atoms with van der Waals surface area (Å²) in [6.45, 7) is 9.46. The topological polar surface area (TPSA) is 0 Å². The molecule has 0 nitrogen and oxygen atoms in total. The second-order valence-electron chi connectivity index (χ2n) is 9.59. The van der Waals surface area contributed by atoms with Gasteiger partial charge in [0.25, 0.3) is 0 Å². The van der Waals surface area contributed by atoms with E-state index in [2.05, 4.69) is 94.3 Å². The zero-order chi connectivity index (χ0) is 18.9. The molecule has 2 aromatic carbocycles. The van der Waals surface area contributed by atoms with E-state index in [9.17, 15) is 0 Å². The minimum atomic E-state index is -2.99. The third-order valence-corrected chi connectivity index (χ3v) is 18.9. The van der Waals surface area contributed by atoms with Crippen molar-refractivity contribution in [2.45, 2.75) is 46.6 Å². The van der Waals surface area contributed by atoms with E-state index in [1.807, 2.05) is 0 Å². The van der Waals surface area contributed by atoms with Crippen molar-refractivity contribution in [2.24, 2.45) is 0 Å². The molecule has 2 aliphatic carbocycles. The van der Waals surface area contributed by atoms with Crippen molar-refractivity contribution in [1.29, 1.82) is 0 Å². The fourth-order valence-corrected chi connectivity index (χ4v) is 20.1. The zero-order valence-electron chi connectivity index (χ0n) is 17.7. The summed E-state index contributed by atoms with van der Waals surface area (Å²) in [6, 6.07) is 18.3. The van der Waals surface area contributed by atoms with Gasteiger partial charge in [0.1, 0.15) is 0 Å². The van der Waals surface area contributed by atoms with Gasteiger partial charge in [0.15, 0.2) is 0 Å². The predicted molar refractivity (Wildman–Crippen MR) is 115 cm³/mol. The third-order valence-electron chi connectivity index (χ3n) is 7.30. The minimum absolute atomic E-state index is 0. The maximum absolute atomic E-state index is 2.99. The summed E-state index contributed by atoms with van der Waals surface area (Å²) in [4.78, 5) is 0. The van der Waals surface area contributed by atoms with Gasteiger partial charge >= 0.3 is 161 Å². The van der Waals surface area contributed by atoms with Gasteiger partial charge in [0, 0.05) is 0 Å². The van der Waals surface area contributed by atoms with Crippen molar-refractivity contribution in [2.75, 3.05) is 0 Å². The Labute approximate surface area is 185 Å². The molecule has 0 heterocycles. The summed E-state index contributed by atoms with van der Waals surface area (Å²) in [5.41, 5.74) is 12.4. The van der Waals surface area contributed by atoms with E-state index in [4.69, 9.17) is 0 Å². The summed E-state index contributed by atoms with van der Waals surface area (Å²) in [5.74, 6) is 0. The molecule has 0 saturated carbocycles.